The lowest BCUT2D eigenvalue weighted by Gasteiger charge is -2.24. The van der Waals surface area contributed by atoms with E-state index in [-0.39, 0.29) is 23.9 Å². The standard InChI is InChI=1S/C34H36N6O2/c35-33-31(39(37-41-33)21-7-13-23-9-3-1-4-10-23)28-18-16-25-15-17-26-29(20-19-27(28)30(25)26)32-34(36)42-38-40(32)22-8-14-24-11-5-2-6-12-24/h1-6,9-12,16,18-20,31-32,35-38H,7-8,13-15,17,21-22H2. The number of rotatable bonds is 10. The molecular formula is C34H36N6O2. The second kappa shape index (κ2) is 11.7. The first-order valence-corrected chi connectivity index (χ1v) is 14.9. The summed E-state index contributed by atoms with van der Waals surface area (Å²) in [7, 11) is 0. The predicted octanol–water partition coefficient (Wildman–Crippen LogP) is 5.74. The monoisotopic (exact) mass is 560 g/mol. The number of hydrogen-bond donors (Lipinski definition) is 4. The van der Waals surface area contributed by atoms with Gasteiger partial charge < -0.3 is 9.68 Å². The Labute approximate surface area is 246 Å². The normalized spacial score (nSPS) is 20.4. The van der Waals surface area contributed by atoms with E-state index in [1.807, 2.05) is 17.1 Å². The molecule has 0 amide bonds. The summed E-state index contributed by atoms with van der Waals surface area (Å²) >= 11 is 0. The van der Waals surface area contributed by atoms with Crippen molar-refractivity contribution in [1.82, 2.24) is 21.2 Å². The third-order valence-corrected chi connectivity index (χ3v) is 8.76. The van der Waals surface area contributed by atoms with Crippen molar-refractivity contribution in [3.63, 3.8) is 0 Å². The summed E-state index contributed by atoms with van der Waals surface area (Å²) < 4.78 is 0. The van der Waals surface area contributed by atoms with E-state index in [2.05, 4.69) is 89.0 Å². The summed E-state index contributed by atoms with van der Waals surface area (Å²) in [6.45, 7) is 1.53. The van der Waals surface area contributed by atoms with E-state index in [1.54, 1.807) is 0 Å². The summed E-state index contributed by atoms with van der Waals surface area (Å²) in [6, 6.07) is 29.2. The zero-order valence-electron chi connectivity index (χ0n) is 23.6. The average Bonchev–Trinajstić information content (AvgIpc) is 3.73. The molecule has 8 nitrogen and oxygen atoms in total. The highest BCUT2D eigenvalue weighted by Crippen LogP contribution is 2.42. The van der Waals surface area contributed by atoms with E-state index >= 15 is 0 Å². The fraction of sp³-hybridized carbons (Fsp3) is 0.294. The Hall–Kier alpha value is -4.08. The van der Waals surface area contributed by atoms with Gasteiger partial charge in [0.2, 0.25) is 11.8 Å². The second-order valence-corrected chi connectivity index (χ2v) is 11.4. The van der Waals surface area contributed by atoms with Gasteiger partial charge in [-0.25, -0.2) is 0 Å². The molecule has 42 heavy (non-hydrogen) atoms. The van der Waals surface area contributed by atoms with Gasteiger partial charge in [0.05, 0.1) is 0 Å². The topological polar surface area (TPSA) is 96.7 Å². The third kappa shape index (κ3) is 5.07. The zero-order valence-corrected chi connectivity index (χ0v) is 23.6. The van der Waals surface area contributed by atoms with Crippen molar-refractivity contribution < 1.29 is 9.68 Å². The van der Waals surface area contributed by atoms with Gasteiger partial charge in [0.15, 0.2) is 0 Å². The van der Waals surface area contributed by atoms with Crippen LogP contribution in [0.3, 0.4) is 0 Å². The van der Waals surface area contributed by atoms with Crippen molar-refractivity contribution in [2.45, 2.75) is 50.6 Å². The Bertz CT molecular complexity index is 1610. The SMILES string of the molecule is N=C1ONN(CCCc2ccccc2)C1c1ccc2c(C3C(=N)ONN3CCCc3ccccc3)ccc3c2c1CC3. The molecule has 3 aliphatic rings. The van der Waals surface area contributed by atoms with Gasteiger partial charge in [0, 0.05) is 13.1 Å². The van der Waals surface area contributed by atoms with Crippen LogP contribution in [0.25, 0.3) is 10.8 Å². The maximum Gasteiger partial charge on any atom is 0.231 e. The molecule has 0 bridgehead atoms. The van der Waals surface area contributed by atoms with E-state index in [1.165, 1.54) is 27.6 Å². The first-order valence-electron chi connectivity index (χ1n) is 14.9. The highest BCUT2D eigenvalue weighted by Gasteiger charge is 2.38. The molecule has 2 heterocycles. The van der Waals surface area contributed by atoms with Crippen molar-refractivity contribution >= 4 is 22.6 Å². The first-order chi connectivity index (χ1) is 20.7. The van der Waals surface area contributed by atoms with Crippen molar-refractivity contribution in [2.75, 3.05) is 13.1 Å². The number of nitrogens with one attached hydrogen (secondary N) is 4. The fourth-order valence-electron chi connectivity index (χ4n) is 6.75. The highest BCUT2D eigenvalue weighted by atomic mass is 16.7. The molecule has 4 aromatic carbocycles. The smallest absolute Gasteiger partial charge is 0.231 e. The zero-order chi connectivity index (χ0) is 28.5. The lowest BCUT2D eigenvalue weighted by molar-refractivity contribution is 0.0384. The number of hydrogen-bond acceptors (Lipinski definition) is 8. The molecule has 2 atom stereocenters. The summed E-state index contributed by atoms with van der Waals surface area (Å²) in [4.78, 5) is 11.1. The summed E-state index contributed by atoms with van der Waals surface area (Å²) in [5.41, 5.74) is 13.5. The molecule has 2 aliphatic heterocycles. The Morgan fingerprint density at radius 1 is 0.643 bits per heavy atom. The van der Waals surface area contributed by atoms with Gasteiger partial charge in [0.1, 0.15) is 12.1 Å². The lowest BCUT2D eigenvalue weighted by atomic mass is 9.90. The van der Waals surface area contributed by atoms with E-state index in [0.29, 0.717) is 0 Å². The highest BCUT2D eigenvalue weighted by molar-refractivity contribution is 5.98. The van der Waals surface area contributed by atoms with E-state index in [0.717, 1.165) is 68.1 Å². The third-order valence-electron chi connectivity index (χ3n) is 8.76. The van der Waals surface area contributed by atoms with E-state index in [9.17, 15) is 0 Å². The molecule has 0 spiro atoms. The molecule has 7 rings (SSSR count). The summed E-state index contributed by atoms with van der Waals surface area (Å²) in [5.74, 6) is 0.447. The van der Waals surface area contributed by atoms with Crippen LogP contribution in [0.4, 0.5) is 0 Å². The van der Waals surface area contributed by atoms with Crippen LogP contribution in [0.5, 0.6) is 0 Å². The minimum Gasteiger partial charge on any atom is -0.376 e. The molecule has 8 heteroatoms. The van der Waals surface area contributed by atoms with Crippen LogP contribution < -0.4 is 11.2 Å². The van der Waals surface area contributed by atoms with Gasteiger partial charge >= 0.3 is 0 Å². The number of nitrogens with zero attached hydrogens (tertiary/aromatic N) is 2. The van der Waals surface area contributed by atoms with Crippen LogP contribution in [0.1, 0.15) is 58.3 Å². The first kappa shape index (κ1) is 26.8. The minimum atomic E-state index is -0.293. The Balaban J connectivity index is 1.14. The molecule has 0 saturated carbocycles. The summed E-state index contributed by atoms with van der Waals surface area (Å²) in [5, 5.41) is 23.8. The van der Waals surface area contributed by atoms with E-state index in [4.69, 9.17) is 20.5 Å². The average molecular weight is 561 g/mol. The molecule has 2 fully saturated rings. The Kier molecular flexibility index (Phi) is 7.44. The minimum absolute atomic E-state index is 0.216. The molecule has 0 aromatic heterocycles. The largest absolute Gasteiger partial charge is 0.376 e. The van der Waals surface area contributed by atoms with Crippen molar-refractivity contribution in [1.29, 1.82) is 10.8 Å². The molecule has 214 valence electrons. The van der Waals surface area contributed by atoms with Gasteiger partial charge in [-0.05, 0) is 82.7 Å². The van der Waals surface area contributed by atoms with Crippen LogP contribution in [-0.4, -0.2) is 34.9 Å². The fourth-order valence-corrected chi connectivity index (χ4v) is 6.75. The Morgan fingerprint density at radius 3 is 1.79 bits per heavy atom. The molecule has 4 N–H and O–H groups in total. The van der Waals surface area contributed by atoms with Gasteiger partial charge in [-0.1, -0.05) is 96.1 Å². The molecule has 0 radical (unpaired) electrons. The molecule has 1 aliphatic carbocycles. The van der Waals surface area contributed by atoms with Gasteiger partial charge in [-0.3, -0.25) is 10.8 Å². The van der Waals surface area contributed by atoms with Crippen molar-refractivity contribution in [3.05, 3.63) is 118 Å². The number of hydrazine groups is 2. The predicted molar refractivity (Wildman–Crippen MR) is 164 cm³/mol. The maximum atomic E-state index is 8.64. The van der Waals surface area contributed by atoms with Crippen LogP contribution in [-0.2, 0) is 35.4 Å². The molecular weight excluding hydrogens is 524 g/mol. The van der Waals surface area contributed by atoms with Crippen LogP contribution in [0, 0.1) is 10.8 Å². The second-order valence-electron chi connectivity index (χ2n) is 11.4. The van der Waals surface area contributed by atoms with Crippen LogP contribution in [0.15, 0.2) is 84.9 Å². The van der Waals surface area contributed by atoms with Crippen LogP contribution >= 0.6 is 0 Å². The summed E-state index contributed by atoms with van der Waals surface area (Å²) in [6.07, 6.45) is 5.76. The molecule has 2 unspecified atom stereocenters. The van der Waals surface area contributed by atoms with Gasteiger partial charge in [0.25, 0.3) is 0 Å². The van der Waals surface area contributed by atoms with Gasteiger partial charge in [-0.2, -0.15) is 10.0 Å². The number of benzene rings is 4. The lowest BCUT2D eigenvalue weighted by Crippen LogP contribution is -2.34. The Morgan fingerprint density at radius 2 is 1.19 bits per heavy atom. The quantitative estimate of drug-likeness (QED) is 0.197. The maximum absolute atomic E-state index is 8.64. The molecule has 2 saturated heterocycles. The van der Waals surface area contributed by atoms with Crippen LogP contribution in [0.2, 0.25) is 0 Å². The molecule has 4 aromatic rings. The van der Waals surface area contributed by atoms with E-state index < -0.39 is 0 Å². The van der Waals surface area contributed by atoms with Crippen molar-refractivity contribution in [3.8, 4) is 0 Å². The van der Waals surface area contributed by atoms with Gasteiger partial charge in [-0.15, -0.1) is 0 Å². The number of aryl methyl sites for hydroxylation is 4. The van der Waals surface area contributed by atoms with Crippen molar-refractivity contribution in [2.24, 2.45) is 0 Å².